The van der Waals surface area contributed by atoms with Gasteiger partial charge in [0.15, 0.2) is 0 Å². The van der Waals surface area contributed by atoms with Gasteiger partial charge in [0.25, 0.3) is 11.8 Å². The Bertz CT molecular complexity index is 1000. The second-order valence-electron chi connectivity index (χ2n) is 7.99. The fourth-order valence-corrected chi connectivity index (χ4v) is 4.11. The number of carbonyl (C=O) groups excluding carboxylic acids is 2. The van der Waals surface area contributed by atoms with Gasteiger partial charge in [-0.1, -0.05) is 25.1 Å². The lowest BCUT2D eigenvalue weighted by Gasteiger charge is -2.29. The first-order chi connectivity index (χ1) is 15.0. The predicted octanol–water partition coefficient (Wildman–Crippen LogP) is 3.71. The van der Waals surface area contributed by atoms with Crippen molar-refractivity contribution >= 4 is 23.1 Å². The number of benzene rings is 2. The van der Waals surface area contributed by atoms with Crippen LogP contribution in [-0.2, 0) is 14.3 Å². The average Bonchev–Trinajstić information content (AvgIpc) is 3.02. The molecule has 2 aliphatic heterocycles. The Morgan fingerprint density at radius 2 is 1.58 bits per heavy atom. The van der Waals surface area contributed by atoms with Crippen molar-refractivity contribution in [2.75, 3.05) is 37.8 Å². The van der Waals surface area contributed by atoms with E-state index >= 15 is 0 Å². The van der Waals surface area contributed by atoms with Crippen molar-refractivity contribution in [3.05, 3.63) is 64.9 Å². The van der Waals surface area contributed by atoms with E-state index in [9.17, 15) is 9.59 Å². The summed E-state index contributed by atoms with van der Waals surface area (Å²) in [7, 11) is 0. The Labute approximate surface area is 183 Å². The van der Waals surface area contributed by atoms with Crippen LogP contribution in [0.5, 0.6) is 5.75 Å². The molecule has 0 N–H and O–H groups in total. The zero-order valence-electron chi connectivity index (χ0n) is 18.3. The molecule has 0 bridgehead atoms. The first-order valence-electron chi connectivity index (χ1n) is 10.8. The monoisotopic (exact) mass is 420 g/mol. The van der Waals surface area contributed by atoms with Gasteiger partial charge in [0.1, 0.15) is 11.4 Å². The molecule has 0 atom stereocenters. The fraction of sp³-hybridized carbons (Fsp3) is 0.360. The summed E-state index contributed by atoms with van der Waals surface area (Å²) in [5.41, 5.74) is 4.23. The van der Waals surface area contributed by atoms with E-state index in [1.165, 1.54) is 4.90 Å². The van der Waals surface area contributed by atoms with Crippen LogP contribution in [0, 0.1) is 13.8 Å². The Morgan fingerprint density at radius 1 is 0.935 bits per heavy atom. The molecule has 6 heteroatoms. The number of anilines is 1. The molecule has 2 aromatic carbocycles. The third-order valence-corrected chi connectivity index (χ3v) is 5.47. The molecule has 162 valence electrons. The first-order valence-corrected chi connectivity index (χ1v) is 10.8. The minimum Gasteiger partial charge on any atom is -0.494 e. The summed E-state index contributed by atoms with van der Waals surface area (Å²) in [5.74, 6) is 0.180. The fourth-order valence-electron chi connectivity index (χ4n) is 4.11. The molecule has 0 radical (unpaired) electrons. The third-order valence-electron chi connectivity index (χ3n) is 5.47. The van der Waals surface area contributed by atoms with Crippen LogP contribution in [0.1, 0.15) is 30.0 Å². The standard InChI is InChI=1S/C25H28N2O4/c1-4-11-31-21-7-5-19(6-8-21)22-23(26-9-12-30-13-10-26)25(29)27(24(22)28)20-15-17(2)14-18(3)16-20/h5-8,14-16H,4,9-13H2,1-3H3. The highest BCUT2D eigenvalue weighted by Gasteiger charge is 2.42. The van der Waals surface area contributed by atoms with Crippen molar-refractivity contribution in [1.29, 1.82) is 0 Å². The summed E-state index contributed by atoms with van der Waals surface area (Å²) in [6.45, 7) is 8.85. The number of carbonyl (C=O) groups is 2. The van der Waals surface area contributed by atoms with Crippen LogP contribution < -0.4 is 9.64 Å². The van der Waals surface area contributed by atoms with Gasteiger partial charge >= 0.3 is 0 Å². The summed E-state index contributed by atoms with van der Waals surface area (Å²) in [6.07, 6.45) is 0.923. The van der Waals surface area contributed by atoms with Gasteiger partial charge in [0.2, 0.25) is 0 Å². The van der Waals surface area contributed by atoms with Crippen molar-refractivity contribution in [3.63, 3.8) is 0 Å². The molecule has 4 rings (SSSR count). The number of nitrogens with zero attached hydrogens (tertiary/aromatic N) is 2. The van der Waals surface area contributed by atoms with E-state index in [0.717, 1.165) is 28.9 Å². The Hall–Kier alpha value is -3.12. The molecule has 1 saturated heterocycles. The quantitative estimate of drug-likeness (QED) is 0.667. The van der Waals surface area contributed by atoms with E-state index in [-0.39, 0.29) is 11.8 Å². The number of morpholine rings is 1. The van der Waals surface area contributed by atoms with E-state index in [1.54, 1.807) is 0 Å². The van der Waals surface area contributed by atoms with Crippen molar-refractivity contribution in [3.8, 4) is 5.75 Å². The molecule has 1 fully saturated rings. The number of hydrogen-bond donors (Lipinski definition) is 0. The van der Waals surface area contributed by atoms with Crippen LogP contribution in [-0.4, -0.2) is 49.6 Å². The van der Waals surface area contributed by atoms with Crippen molar-refractivity contribution in [1.82, 2.24) is 4.90 Å². The molecule has 2 amide bonds. The molecule has 0 aliphatic carbocycles. The van der Waals surface area contributed by atoms with E-state index < -0.39 is 0 Å². The van der Waals surface area contributed by atoms with Gasteiger partial charge in [-0.2, -0.15) is 0 Å². The number of rotatable bonds is 6. The van der Waals surface area contributed by atoms with Crippen LogP contribution >= 0.6 is 0 Å². The minimum atomic E-state index is -0.293. The molecule has 6 nitrogen and oxygen atoms in total. The van der Waals surface area contributed by atoms with E-state index in [0.29, 0.717) is 49.9 Å². The summed E-state index contributed by atoms with van der Waals surface area (Å²) < 4.78 is 11.1. The molecule has 2 heterocycles. The maximum atomic E-state index is 13.6. The zero-order chi connectivity index (χ0) is 22.0. The van der Waals surface area contributed by atoms with Crippen LogP contribution in [0.25, 0.3) is 5.57 Å². The zero-order valence-corrected chi connectivity index (χ0v) is 18.3. The molecule has 31 heavy (non-hydrogen) atoms. The lowest BCUT2D eigenvalue weighted by atomic mass is 10.0. The number of aryl methyl sites for hydroxylation is 2. The average molecular weight is 421 g/mol. The van der Waals surface area contributed by atoms with Gasteiger partial charge in [-0.3, -0.25) is 9.59 Å². The van der Waals surface area contributed by atoms with Crippen LogP contribution in [0.4, 0.5) is 5.69 Å². The van der Waals surface area contributed by atoms with E-state index in [4.69, 9.17) is 9.47 Å². The number of amides is 2. The Morgan fingerprint density at radius 3 is 2.19 bits per heavy atom. The van der Waals surface area contributed by atoms with E-state index in [2.05, 4.69) is 6.92 Å². The van der Waals surface area contributed by atoms with Crippen molar-refractivity contribution in [2.24, 2.45) is 0 Å². The number of ether oxygens (including phenoxy) is 2. The van der Waals surface area contributed by atoms with Crippen molar-refractivity contribution in [2.45, 2.75) is 27.2 Å². The highest BCUT2D eigenvalue weighted by atomic mass is 16.5. The van der Waals surface area contributed by atoms with Crippen LogP contribution in [0.2, 0.25) is 0 Å². The van der Waals surface area contributed by atoms with Gasteiger partial charge < -0.3 is 14.4 Å². The second-order valence-corrected chi connectivity index (χ2v) is 7.99. The first kappa shape index (κ1) is 21.1. The Kier molecular flexibility index (Phi) is 6.09. The van der Waals surface area contributed by atoms with Crippen LogP contribution in [0.3, 0.4) is 0 Å². The number of imide groups is 1. The summed E-state index contributed by atoms with van der Waals surface area (Å²) >= 11 is 0. The molecular weight excluding hydrogens is 392 g/mol. The lowest BCUT2D eigenvalue weighted by molar-refractivity contribution is -0.121. The minimum absolute atomic E-state index is 0.279. The third kappa shape index (κ3) is 4.21. The molecular formula is C25H28N2O4. The maximum Gasteiger partial charge on any atom is 0.282 e. The molecule has 0 aromatic heterocycles. The van der Waals surface area contributed by atoms with Gasteiger partial charge in [-0.15, -0.1) is 0 Å². The number of hydrogen-bond acceptors (Lipinski definition) is 5. The van der Waals surface area contributed by atoms with Gasteiger partial charge in [0.05, 0.1) is 31.1 Å². The topological polar surface area (TPSA) is 59.1 Å². The highest BCUT2D eigenvalue weighted by Crippen LogP contribution is 2.36. The smallest absolute Gasteiger partial charge is 0.282 e. The summed E-state index contributed by atoms with van der Waals surface area (Å²) in [5, 5.41) is 0. The molecule has 2 aromatic rings. The molecule has 0 saturated carbocycles. The summed E-state index contributed by atoms with van der Waals surface area (Å²) in [4.78, 5) is 30.5. The SMILES string of the molecule is CCCOc1ccc(C2=C(N3CCOCC3)C(=O)N(c3cc(C)cc(C)c3)C2=O)cc1. The van der Waals surface area contributed by atoms with Crippen LogP contribution in [0.15, 0.2) is 48.2 Å². The maximum absolute atomic E-state index is 13.6. The molecule has 2 aliphatic rings. The van der Waals surface area contributed by atoms with Gasteiger partial charge in [-0.05, 0) is 61.2 Å². The Balaban J connectivity index is 1.76. The normalized spacial score (nSPS) is 17.0. The van der Waals surface area contributed by atoms with Gasteiger partial charge in [0, 0.05) is 13.1 Å². The molecule has 0 unspecified atom stereocenters. The van der Waals surface area contributed by atoms with Crippen molar-refractivity contribution < 1.29 is 19.1 Å². The second kappa shape index (κ2) is 8.94. The predicted molar refractivity (Wildman–Crippen MR) is 120 cm³/mol. The summed E-state index contributed by atoms with van der Waals surface area (Å²) in [6, 6.07) is 13.2. The van der Waals surface area contributed by atoms with E-state index in [1.807, 2.05) is 61.2 Å². The highest BCUT2D eigenvalue weighted by molar-refractivity contribution is 6.45. The lowest BCUT2D eigenvalue weighted by Crippen LogP contribution is -2.40. The molecule has 0 spiro atoms. The van der Waals surface area contributed by atoms with Gasteiger partial charge in [-0.25, -0.2) is 4.90 Å². The largest absolute Gasteiger partial charge is 0.494 e.